The number of aromatic nitrogens is 2. The van der Waals surface area contributed by atoms with Crippen LogP contribution in [0.25, 0.3) is 11.0 Å². The fourth-order valence-electron chi connectivity index (χ4n) is 2.84. The minimum absolute atomic E-state index is 0.0483. The summed E-state index contributed by atoms with van der Waals surface area (Å²) in [6, 6.07) is 16.6. The van der Waals surface area contributed by atoms with Gasteiger partial charge in [0.05, 0.1) is 16.3 Å². The summed E-state index contributed by atoms with van der Waals surface area (Å²) in [7, 11) is 0. The summed E-state index contributed by atoms with van der Waals surface area (Å²) in [4.78, 5) is 20.3. The molecule has 0 fully saturated rings. The van der Waals surface area contributed by atoms with E-state index in [9.17, 15) is 4.79 Å². The lowest BCUT2D eigenvalue weighted by atomic mass is 10.1. The molecular weight excluding hydrogens is 342 g/mol. The van der Waals surface area contributed by atoms with Crippen molar-refractivity contribution in [3.63, 3.8) is 0 Å². The molecule has 0 bridgehead atoms. The number of hydrogen-bond acceptors (Lipinski definition) is 3. The van der Waals surface area contributed by atoms with Gasteiger partial charge in [0.15, 0.2) is 5.16 Å². The monoisotopic (exact) mass is 367 g/mol. The second-order valence-electron chi connectivity index (χ2n) is 6.76. The molecule has 2 atom stereocenters. The van der Waals surface area contributed by atoms with E-state index in [4.69, 9.17) is 0 Å². The maximum atomic E-state index is 12.5. The Labute approximate surface area is 158 Å². The van der Waals surface area contributed by atoms with Crippen LogP contribution in [-0.2, 0) is 11.2 Å². The molecule has 0 spiro atoms. The van der Waals surface area contributed by atoms with Crippen LogP contribution in [0, 0.1) is 6.92 Å². The van der Waals surface area contributed by atoms with E-state index in [-0.39, 0.29) is 17.2 Å². The number of nitrogens with one attached hydrogen (secondary N) is 2. The summed E-state index contributed by atoms with van der Waals surface area (Å²) in [6.07, 6.45) is 1.89. The molecule has 0 unspecified atom stereocenters. The highest BCUT2D eigenvalue weighted by Crippen LogP contribution is 2.24. The van der Waals surface area contributed by atoms with Crippen molar-refractivity contribution in [3.8, 4) is 0 Å². The lowest BCUT2D eigenvalue weighted by Crippen LogP contribution is -2.37. The molecule has 0 aliphatic carbocycles. The molecule has 0 saturated heterocycles. The molecule has 5 heteroatoms. The average Bonchev–Trinajstić information content (AvgIpc) is 3.02. The van der Waals surface area contributed by atoms with Crippen LogP contribution in [0.4, 0.5) is 0 Å². The average molecular weight is 368 g/mol. The highest BCUT2D eigenvalue weighted by molar-refractivity contribution is 8.00. The smallest absolute Gasteiger partial charge is 0.233 e. The molecule has 2 N–H and O–H groups in total. The third-order valence-corrected chi connectivity index (χ3v) is 5.36. The molecule has 3 rings (SSSR count). The predicted octanol–water partition coefficient (Wildman–Crippen LogP) is 4.49. The van der Waals surface area contributed by atoms with E-state index in [0.717, 1.165) is 29.0 Å². The molecule has 3 aromatic rings. The summed E-state index contributed by atoms with van der Waals surface area (Å²) in [6.45, 7) is 6.03. The van der Waals surface area contributed by atoms with Gasteiger partial charge in [-0.3, -0.25) is 4.79 Å². The van der Waals surface area contributed by atoms with Crippen molar-refractivity contribution in [2.75, 3.05) is 0 Å². The van der Waals surface area contributed by atoms with Crippen LogP contribution in [0.2, 0.25) is 0 Å². The van der Waals surface area contributed by atoms with E-state index in [2.05, 4.69) is 47.3 Å². The summed E-state index contributed by atoms with van der Waals surface area (Å²) in [5.74, 6) is 0.0483. The minimum atomic E-state index is -0.198. The fraction of sp³-hybridized carbons (Fsp3) is 0.333. The van der Waals surface area contributed by atoms with Crippen molar-refractivity contribution in [2.45, 2.75) is 50.1 Å². The van der Waals surface area contributed by atoms with Crippen LogP contribution >= 0.6 is 11.8 Å². The second kappa shape index (κ2) is 8.41. The topological polar surface area (TPSA) is 57.8 Å². The number of thioether (sulfide) groups is 1. The molecule has 1 aromatic heterocycles. The van der Waals surface area contributed by atoms with Gasteiger partial charge in [0, 0.05) is 6.04 Å². The number of aryl methyl sites for hydroxylation is 2. The lowest BCUT2D eigenvalue weighted by molar-refractivity contribution is -0.120. The normalized spacial score (nSPS) is 13.5. The third-order valence-electron chi connectivity index (χ3n) is 4.37. The van der Waals surface area contributed by atoms with Crippen molar-refractivity contribution in [1.82, 2.24) is 15.3 Å². The van der Waals surface area contributed by atoms with Gasteiger partial charge in [-0.25, -0.2) is 4.98 Å². The maximum Gasteiger partial charge on any atom is 0.233 e. The number of amides is 1. The quantitative estimate of drug-likeness (QED) is 0.605. The summed E-state index contributed by atoms with van der Waals surface area (Å²) in [5, 5.41) is 3.70. The number of rotatable bonds is 7. The Morgan fingerprint density at radius 1 is 1.19 bits per heavy atom. The van der Waals surface area contributed by atoms with Gasteiger partial charge >= 0.3 is 0 Å². The van der Waals surface area contributed by atoms with Crippen LogP contribution in [0.5, 0.6) is 0 Å². The van der Waals surface area contributed by atoms with Gasteiger partial charge in [-0.2, -0.15) is 0 Å². The van der Waals surface area contributed by atoms with Crippen LogP contribution in [-0.4, -0.2) is 27.2 Å². The van der Waals surface area contributed by atoms with Crippen molar-refractivity contribution in [1.29, 1.82) is 0 Å². The number of nitrogens with zero attached hydrogens (tertiary/aromatic N) is 1. The Morgan fingerprint density at radius 2 is 1.96 bits per heavy atom. The zero-order chi connectivity index (χ0) is 18.5. The van der Waals surface area contributed by atoms with Crippen LogP contribution in [0.3, 0.4) is 0 Å². The minimum Gasteiger partial charge on any atom is -0.353 e. The molecule has 136 valence electrons. The first-order valence-corrected chi connectivity index (χ1v) is 9.86. The standard InChI is InChI=1S/C21H25N3OS/c1-14-9-12-18-19(13-14)24-21(23-18)26-16(3)20(25)22-15(2)10-11-17-7-5-4-6-8-17/h4-9,12-13,15-16H,10-11H2,1-3H3,(H,22,25)(H,23,24)/t15-,16-/m1/s1. The molecule has 1 heterocycles. The zero-order valence-corrected chi connectivity index (χ0v) is 16.3. The number of imidazole rings is 1. The van der Waals surface area contributed by atoms with E-state index >= 15 is 0 Å². The molecular formula is C21H25N3OS. The Hall–Kier alpha value is -2.27. The van der Waals surface area contributed by atoms with Gasteiger partial charge < -0.3 is 10.3 Å². The third kappa shape index (κ3) is 4.88. The number of hydrogen-bond donors (Lipinski definition) is 2. The van der Waals surface area contributed by atoms with E-state index in [0.29, 0.717) is 0 Å². The number of carbonyl (C=O) groups excluding carboxylic acids is 1. The number of H-pyrrole nitrogens is 1. The summed E-state index contributed by atoms with van der Waals surface area (Å²) >= 11 is 1.46. The predicted molar refractivity (Wildman–Crippen MR) is 109 cm³/mol. The Bertz CT molecular complexity index is 875. The van der Waals surface area contributed by atoms with Crippen molar-refractivity contribution in [2.24, 2.45) is 0 Å². The van der Waals surface area contributed by atoms with Gasteiger partial charge in [0.25, 0.3) is 0 Å². The second-order valence-corrected chi connectivity index (χ2v) is 8.09. The van der Waals surface area contributed by atoms with Crippen LogP contribution in [0.1, 0.15) is 31.4 Å². The van der Waals surface area contributed by atoms with E-state index in [1.165, 1.54) is 22.9 Å². The van der Waals surface area contributed by atoms with Gasteiger partial charge in [-0.1, -0.05) is 48.2 Å². The molecule has 26 heavy (non-hydrogen) atoms. The van der Waals surface area contributed by atoms with Crippen molar-refractivity contribution < 1.29 is 4.79 Å². The van der Waals surface area contributed by atoms with Gasteiger partial charge in [-0.05, 0) is 56.9 Å². The Balaban J connectivity index is 1.51. The number of aromatic amines is 1. The van der Waals surface area contributed by atoms with Crippen molar-refractivity contribution >= 4 is 28.7 Å². The molecule has 0 radical (unpaired) electrons. The number of fused-ring (bicyclic) bond motifs is 1. The molecule has 4 nitrogen and oxygen atoms in total. The molecule has 0 aliphatic heterocycles. The first-order valence-electron chi connectivity index (χ1n) is 8.98. The van der Waals surface area contributed by atoms with Gasteiger partial charge in [-0.15, -0.1) is 0 Å². The van der Waals surface area contributed by atoms with Crippen molar-refractivity contribution in [3.05, 3.63) is 59.7 Å². The van der Waals surface area contributed by atoms with Gasteiger partial charge in [0.1, 0.15) is 0 Å². The summed E-state index contributed by atoms with van der Waals surface area (Å²) < 4.78 is 0. The molecule has 0 aliphatic rings. The molecule has 1 amide bonds. The zero-order valence-electron chi connectivity index (χ0n) is 15.5. The van der Waals surface area contributed by atoms with Crippen LogP contribution in [0.15, 0.2) is 53.7 Å². The highest BCUT2D eigenvalue weighted by Gasteiger charge is 2.18. The summed E-state index contributed by atoms with van der Waals surface area (Å²) in [5.41, 5.74) is 4.43. The largest absolute Gasteiger partial charge is 0.353 e. The maximum absolute atomic E-state index is 12.5. The van der Waals surface area contributed by atoms with Crippen LogP contribution < -0.4 is 5.32 Å². The lowest BCUT2D eigenvalue weighted by Gasteiger charge is -2.16. The first-order chi connectivity index (χ1) is 12.5. The fourth-order valence-corrected chi connectivity index (χ4v) is 3.67. The number of benzene rings is 2. The first kappa shape index (κ1) is 18.5. The Kier molecular flexibility index (Phi) is 5.99. The SMILES string of the molecule is Cc1ccc2nc(S[C@H](C)C(=O)N[C@H](C)CCc3ccccc3)[nH]c2c1. The Morgan fingerprint density at radius 3 is 2.73 bits per heavy atom. The number of carbonyl (C=O) groups is 1. The molecule has 2 aromatic carbocycles. The molecule has 0 saturated carbocycles. The van der Waals surface area contributed by atoms with E-state index in [1.807, 2.05) is 37.3 Å². The van der Waals surface area contributed by atoms with E-state index in [1.54, 1.807) is 0 Å². The van der Waals surface area contributed by atoms with Gasteiger partial charge in [0.2, 0.25) is 5.91 Å². The van der Waals surface area contributed by atoms with E-state index < -0.39 is 0 Å². The highest BCUT2D eigenvalue weighted by atomic mass is 32.2.